The number of imidazole rings is 1. The molecule has 0 bridgehead atoms. The lowest BCUT2D eigenvalue weighted by Crippen LogP contribution is -2.25. The smallest absolute Gasteiger partial charge is 0.284 e. The molecule has 4 rings (SSSR count). The standard InChI is InChI=1S/C20H20F2N4OS2/c1-10(2)25-18(27)16-11(3)12(4)29-17(16)24-20(25)28-9-15-23-13-7-5-6-8-14(13)26(15)19(21)22/h5-8,10,19H,9H2,1-4H3. The minimum atomic E-state index is -2.69. The molecule has 1 aromatic carbocycles. The normalized spacial score (nSPS) is 12.1. The Morgan fingerprint density at radius 2 is 1.86 bits per heavy atom. The van der Waals surface area contributed by atoms with Gasteiger partial charge in [-0.1, -0.05) is 23.9 Å². The topological polar surface area (TPSA) is 52.7 Å². The van der Waals surface area contributed by atoms with Crippen molar-refractivity contribution >= 4 is 44.3 Å². The van der Waals surface area contributed by atoms with Crippen molar-refractivity contribution in [1.82, 2.24) is 19.1 Å². The van der Waals surface area contributed by atoms with Crippen LogP contribution >= 0.6 is 23.1 Å². The summed E-state index contributed by atoms with van der Waals surface area (Å²) in [5.74, 6) is 0.446. The van der Waals surface area contributed by atoms with Crippen molar-refractivity contribution in [3.05, 3.63) is 50.9 Å². The van der Waals surface area contributed by atoms with Gasteiger partial charge >= 0.3 is 6.55 Å². The van der Waals surface area contributed by atoms with Crippen LogP contribution in [-0.4, -0.2) is 19.1 Å². The molecule has 9 heteroatoms. The molecule has 0 aliphatic carbocycles. The van der Waals surface area contributed by atoms with Crippen LogP contribution in [0.25, 0.3) is 21.3 Å². The Morgan fingerprint density at radius 3 is 2.55 bits per heavy atom. The number of fused-ring (bicyclic) bond motifs is 2. The minimum Gasteiger partial charge on any atom is -0.284 e. The molecule has 0 N–H and O–H groups in total. The zero-order chi connectivity index (χ0) is 20.9. The van der Waals surface area contributed by atoms with Crippen LogP contribution in [0, 0.1) is 13.8 Å². The Kier molecular flexibility index (Phi) is 5.20. The van der Waals surface area contributed by atoms with Gasteiger partial charge in [-0.05, 0) is 45.4 Å². The number of benzene rings is 1. The third kappa shape index (κ3) is 3.36. The molecule has 5 nitrogen and oxygen atoms in total. The molecular formula is C20H20F2N4OS2. The van der Waals surface area contributed by atoms with Crippen LogP contribution in [0.15, 0.2) is 34.2 Å². The number of thioether (sulfide) groups is 1. The zero-order valence-electron chi connectivity index (χ0n) is 16.4. The number of hydrogen-bond acceptors (Lipinski definition) is 5. The molecule has 3 heterocycles. The number of nitrogens with zero attached hydrogens (tertiary/aromatic N) is 4. The van der Waals surface area contributed by atoms with Crippen molar-refractivity contribution in [2.24, 2.45) is 0 Å². The van der Waals surface area contributed by atoms with Crippen molar-refractivity contribution in [1.29, 1.82) is 0 Å². The van der Waals surface area contributed by atoms with Gasteiger partial charge in [0.05, 0.1) is 22.2 Å². The lowest BCUT2D eigenvalue weighted by molar-refractivity contribution is 0.0722. The monoisotopic (exact) mass is 434 g/mol. The third-order valence-electron chi connectivity index (χ3n) is 4.91. The lowest BCUT2D eigenvalue weighted by Gasteiger charge is -2.15. The van der Waals surface area contributed by atoms with Gasteiger partial charge < -0.3 is 0 Å². The number of hydrogen-bond donors (Lipinski definition) is 0. The molecule has 0 aliphatic rings. The summed E-state index contributed by atoms with van der Waals surface area (Å²) in [7, 11) is 0. The molecule has 0 amide bonds. The van der Waals surface area contributed by atoms with Crippen LogP contribution in [0.4, 0.5) is 8.78 Å². The van der Waals surface area contributed by atoms with Crippen LogP contribution in [0.3, 0.4) is 0 Å². The molecule has 0 saturated carbocycles. The third-order valence-corrected chi connectivity index (χ3v) is 6.96. The number of thiophene rings is 1. The van der Waals surface area contributed by atoms with E-state index in [4.69, 9.17) is 4.98 Å². The summed E-state index contributed by atoms with van der Waals surface area (Å²) < 4.78 is 30.0. The molecule has 0 radical (unpaired) electrons. The Morgan fingerprint density at radius 1 is 1.14 bits per heavy atom. The highest BCUT2D eigenvalue weighted by molar-refractivity contribution is 7.98. The van der Waals surface area contributed by atoms with Crippen molar-refractivity contribution < 1.29 is 8.78 Å². The number of rotatable bonds is 5. The molecule has 0 aliphatic heterocycles. The van der Waals surface area contributed by atoms with E-state index in [1.54, 1.807) is 28.8 Å². The van der Waals surface area contributed by atoms with Gasteiger partial charge in [0.1, 0.15) is 10.7 Å². The van der Waals surface area contributed by atoms with Gasteiger partial charge in [-0.25, -0.2) is 9.97 Å². The molecule has 152 valence electrons. The molecule has 0 spiro atoms. The number of alkyl halides is 2. The molecule has 29 heavy (non-hydrogen) atoms. The lowest BCUT2D eigenvalue weighted by atomic mass is 10.2. The first-order chi connectivity index (χ1) is 13.8. The van der Waals surface area contributed by atoms with Gasteiger partial charge in [0.2, 0.25) is 0 Å². The zero-order valence-corrected chi connectivity index (χ0v) is 18.1. The molecule has 0 fully saturated rings. The van der Waals surface area contributed by atoms with E-state index in [1.165, 1.54) is 23.1 Å². The summed E-state index contributed by atoms with van der Waals surface area (Å²) in [6.07, 6.45) is 0. The Hall–Kier alpha value is -2.26. The van der Waals surface area contributed by atoms with E-state index in [0.29, 0.717) is 26.4 Å². The first-order valence-corrected chi connectivity index (χ1v) is 11.0. The van der Waals surface area contributed by atoms with E-state index in [1.807, 2.05) is 27.7 Å². The quantitative estimate of drug-likeness (QED) is 0.299. The second-order valence-corrected chi connectivity index (χ2v) is 9.23. The second-order valence-electron chi connectivity index (χ2n) is 7.08. The number of para-hydroxylation sites is 2. The van der Waals surface area contributed by atoms with Crippen molar-refractivity contribution in [2.45, 2.75) is 51.2 Å². The van der Waals surface area contributed by atoms with Gasteiger partial charge in [0.15, 0.2) is 5.16 Å². The number of aryl methyl sites for hydroxylation is 2. The van der Waals surface area contributed by atoms with Crippen molar-refractivity contribution in [3.63, 3.8) is 0 Å². The van der Waals surface area contributed by atoms with E-state index < -0.39 is 6.55 Å². The van der Waals surface area contributed by atoms with E-state index in [2.05, 4.69) is 4.98 Å². The van der Waals surface area contributed by atoms with Crippen molar-refractivity contribution in [3.8, 4) is 0 Å². The summed E-state index contributed by atoms with van der Waals surface area (Å²) in [4.78, 5) is 23.9. The van der Waals surface area contributed by atoms with Crippen LogP contribution in [0.1, 0.15) is 42.7 Å². The first-order valence-electron chi connectivity index (χ1n) is 9.18. The maximum atomic E-state index is 13.7. The SMILES string of the molecule is Cc1sc2nc(SCc3nc4ccccc4n3C(F)F)n(C(C)C)c(=O)c2c1C. The van der Waals surface area contributed by atoms with Gasteiger partial charge in [-0.15, -0.1) is 11.3 Å². The van der Waals surface area contributed by atoms with Crippen LogP contribution in [-0.2, 0) is 5.75 Å². The Balaban J connectivity index is 1.79. The molecule has 0 saturated heterocycles. The van der Waals surface area contributed by atoms with Gasteiger partial charge in [0, 0.05) is 10.9 Å². The Labute approximate surface area is 174 Å². The van der Waals surface area contributed by atoms with Crippen LogP contribution in [0.5, 0.6) is 0 Å². The highest BCUT2D eigenvalue weighted by Crippen LogP contribution is 2.32. The molecular weight excluding hydrogens is 414 g/mol. The summed E-state index contributed by atoms with van der Waals surface area (Å²) in [6.45, 7) is 5.05. The summed E-state index contributed by atoms with van der Waals surface area (Å²) in [6, 6.07) is 6.74. The Bertz CT molecular complexity index is 1270. The molecule has 4 aromatic rings. The average Bonchev–Trinajstić information content (AvgIpc) is 3.17. The molecule has 0 unspecified atom stereocenters. The van der Waals surface area contributed by atoms with Crippen LogP contribution in [0.2, 0.25) is 0 Å². The highest BCUT2D eigenvalue weighted by Gasteiger charge is 2.21. The second kappa shape index (κ2) is 7.53. The number of aromatic nitrogens is 4. The number of halogens is 2. The van der Waals surface area contributed by atoms with Gasteiger partial charge in [0.25, 0.3) is 5.56 Å². The highest BCUT2D eigenvalue weighted by atomic mass is 32.2. The fourth-order valence-corrected chi connectivity index (χ4v) is 5.52. The van der Waals surface area contributed by atoms with Crippen LogP contribution < -0.4 is 5.56 Å². The van der Waals surface area contributed by atoms with E-state index in [-0.39, 0.29) is 23.2 Å². The predicted molar refractivity (Wildman–Crippen MR) is 114 cm³/mol. The van der Waals surface area contributed by atoms with Gasteiger partial charge in [-0.3, -0.25) is 13.9 Å². The first kappa shape index (κ1) is 20.0. The van der Waals surface area contributed by atoms with E-state index in [9.17, 15) is 13.6 Å². The maximum Gasteiger partial charge on any atom is 0.320 e. The van der Waals surface area contributed by atoms with E-state index in [0.717, 1.165) is 15.0 Å². The fourth-order valence-electron chi connectivity index (χ4n) is 3.39. The summed E-state index contributed by atoms with van der Waals surface area (Å²) in [5.41, 5.74) is 1.79. The minimum absolute atomic E-state index is 0.0864. The van der Waals surface area contributed by atoms with Gasteiger partial charge in [-0.2, -0.15) is 8.78 Å². The van der Waals surface area contributed by atoms with Crippen molar-refractivity contribution in [2.75, 3.05) is 0 Å². The maximum absolute atomic E-state index is 13.7. The fraction of sp³-hybridized carbons (Fsp3) is 0.350. The van der Waals surface area contributed by atoms with E-state index >= 15 is 0 Å². The summed E-state index contributed by atoms with van der Waals surface area (Å²) >= 11 is 2.74. The molecule has 0 atom stereocenters. The predicted octanol–water partition coefficient (Wildman–Crippen LogP) is 5.69. The molecule has 3 aromatic heterocycles. The largest absolute Gasteiger partial charge is 0.320 e. The average molecular weight is 435 g/mol. The summed E-state index contributed by atoms with van der Waals surface area (Å²) in [5, 5.41) is 1.16.